The molecule has 0 heterocycles. The zero-order chi connectivity index (χ0) is 9.94. The average molecular weight is 201 g/mol. The molecule has 0 aliphatic carbocycles. The van der Waals surface area contributed by atoms with E-state index in [1.54, 1.807) is 0 Å². The second kappa shape index (κ2) is 10.1. The monoisotopic (exact) mass is 201 g/mol. The molecule has 0 amide bonds. The molecule has 0 radical (unpaired) electrons. The summed E-state index contributed by atoms with van der Waals surface area (Å²) < 4.78 is 0. The minimum Gasteiger partial charge on any atom is -0.314 e. The summed E-state index contributed by atoms with van der Waals surface area (Å²) in [6.45, 7) is 7.12. The molecule has 0 aliphatic heterocycles. The Balaban J connectivity index is 3.52. The van der Waals surface area contributed by atoms with Gasteiger partial charge in [-0.15, -0.1) is 6.58 Å². The molecular formula is C11H23NS. The van der Waals surface area contributed by atoms with E-state index in [4.69, 9.17) is 0 Å². The van der Waals surface area contributed by atoms with E-state index in [0.717, 1.165) is 13.0 Å². The van der Waals surface area contributed by atoms with Crippen molar-refractivity contribution >= 4 is 11.8 Å². The Morgan fingerprint density at radius 1 is 1.46 bits per heavy atom. The lowest BCUT2D eigenvalue weighted by Crippen LogP contribution is -2.30. The van der Waals surface area contributed by atoms with Crippen molar-refractivity contribution in [2.24, 2.45) is 0 Å². The highest BCUT2D eigenvalue weighted by Crippen LogP contribution is 2.06. The molecule has 1 N–H and O–H groups in total. The summed E-state index contributed by atoms with van der Waals surface area (Å²) in [6.07, 6.45) is 9.07. The number of hydrogen-bond donors (Lipinski definition) is 1. The Hall–Kier alpha value is 0.0500. The molecule has 1 unspecified atom stereocenters. The quantitative estimate of drug-likeness (QED) is 0.575. The molecule has 0 saturated heterocycles. The predicted octanol–water partition coefficient (Wildman–Crippen LogP) is 3.07. The zero-order valence-corrected chi connectivity index (χ0v) is 9.83. The van der Waals surface area contributed by atoms with Crippen LogP contribution in [0.15, 0.2) is 12.7 Å². The van der Waals surface area contributed by atoms with E-state index in [0.29, 0.717) is 6.04 Å². The van der Waals surface area contributed by atoms with E-state index in [1.165, 1.54) is 25.0 Å². The Morgan fingerprint density at radius 2 is 2.23 bits per heavy atom. The van der Waals surface area contributed by atoms with Crippen molar-refractivity contribution in [3.63, 3.8) is 0 Å². The van der Waals surface area contributed by atoms with Gasteiger partial charge in [0, 0.05) is 6.04 Å². The second-order valence-electron chi connectivity index (χ2n) is 3.30. The SMILES string of the molecule is C=CCCC(CCSC)NCCC. The number of hydrogen-bond acceptors (Lipinski definition) is 2. The van der Waals surface area contributed by atoms with Crippen LogP contribution in [0.25, 0.3) is 0 Å². The standard InChI is InChI=1S/C11H23NS/c1-4-6-7-11(8-10-13-3)12-9-5-2/h4,11-12H,1,5-10H2,2-3H3. The van der Waals surface area contributed by atoms with E-state index in [-0.39, 0.29) is 0 Å². The van der Waals surface area contributed by atoms with Crippen molar-refractivity contribution < 1.29 is 0 Å². The molecule has 0 aliphatic rings. The van der Waals surface area contributed by atoms with Gasteiger partial charge in [-0.25, -0.2) is 0 Å². The van der Waals surface area contributed by atoms with E-state index < -0.39 is 0 Å². The van der Waals surface area contributed by atoms with Gasteiger partial charge < -0.3 is 5.32 Å². The summed E-state index contributed by atoms with van der Waals surface area (Å²) in [5.41, 5.74) is 0. The minimum atomic E-state index is 0.699. The molecule has 0 aromatic rings. The van der Waals surface area contributed by atoms with Gasteiger partial charge in [0.1, 0.15) is 0 Å². The highest BCUT2D eigenvalue weighted by Gasteiger charge is 2.04. The number of rotatable bonds is 9. The van der Waals surface area contributed by atoms with E-state index >= 15 is 0 Å². The fourth-order valence-corrected chi connectivity index (χ4v) is 1.80. The van der Waals surface area contributed by atoms with Crippen molar-refractivity contribution in [1.29, 1.82) is 0 Å². The lowest BCUT2D eigenvalue weighted by molar-refractivity contribution is 0.474. The lowest BCUT2D eigenvalue weighted by atomic mass is 10.1. The first-order valence-corrected chi connectivity index (χ1v) is 6.57. The molecule has 0 rings (SSSR count). The fraction of sp³-hybridized carbons (Fsp3) is 0.818. The molecule has 0 spiro atoms. The lowest BCUT2D eigenvalue weighted by Gasteiger charge is -2.16. The van der Waals surface area contributed by atoms with Crippen molar-refractivity contribution in [3.8, 4) is 0 Å². The summed E-state index contributed by atoms with van der Waals surface area (Å²) in [5, 5.41) is 3.58. The van der Waals surface area contributed by atoms with Gasteiger partial charge in [-0.1, -0.05) is 13.0 Å². The van der Waals surface area contributed by atoms with Gasteiger partial charge in [-0.2, -0.15) is 11.8 Å². The molecule has 0 aromatic heterocycles. The van der Waals surface area contributed by atoms with Gasteiger partial charge in [-0.3, -0.25) is 0 Å². The minimum absolute atomic E-state index is 0.699. The molecule has 0 aromatic carbocycles. The first-order chi connectivity index (χ1) is 6.35. The Morgan fingerprint density at radius 3 is 2.77 bits per heavy atom. The van der Waals surface area contributed by atoms with Crippen LogP contribution in [0, 0.1) is 0 Å². The maximum atomic E-state index is 3.76. The van der Waals surface area contributed by atoms with Crippen molar-refractivity contribution in [2.45, 2.75) is 38.6 Å². The van der Waals surface area contributed by atoms with Crippen LogP contribution in [0.4, 0.5) is 0 Å². The van der Waals surface area contributed by atoms with Crippen LogP contribution in [-0.4, -0.2) is 24.6 Å². The maximum Gasteiger partial charge on any atom is 0.00778 e. The molecule has 0 fully saturated rings. The highest BCUT2D eigenvalue weighted by molar-refractivity contribution is 7.98. The van der Waals surface area contributed by atoms with Gasteiger partial charge in [0.2, 0.25) is 0 Å². The van der Waals surface area contributed by atoms with Gasteiger partial charge in [0.25, 0.3) is 0 Å². The summed E-state index contributed by atoms with van der Waals surface area (Å²) in [6, 6.07) is 0.699. The zero-order valence-electron chi connectivity index (χ0n) is 9.01. The normalized spacial score (nSPS) is 12.8. The third-order valence-electron chi connectivity index (χ3n) is 2.07. The first kappa shape index (κ1) is 13.1. The highest BCUT2D eigenvalue weighted by atomic mass is 32.2. The van der Waals surface area contributed by atoms with Crippen LogP contribution < -0.4 is 5.32 Å². The molecule has 1 nitrogen and oxygen atoms in total. The van der Waals surface area contributed by atoms with Crippen molar-refractivity contribution in [3.05, 3.63) is 12.7 Å². The first-order valence-electron chi connectivity index (χ1n) is 5.18. The summed E-state index contributed by atoms with van der Waals surface area (Å²) in [7, 11) is 0. The maximum absolute atomic E-state index is 3.76. The molecule has 0 saturated carbocycles. The molecule has 2 heteroatoms. The van der Waals surface area contributed by atoms with Crippen molar-refractivity contribution in [1.82, 2.24) is 5.32 Å². The fourth-order valence-electron chi connectivity index (χ4n) is 1.28. The van der Waals surface area contributed by atoms with Crippen LogP contribution in [0.2, 0.25) is 0 Å². The van der Waals surface area contributed by atoms with Crippen LogP contribution in [0.1, 0.15) is 32.6 Å². The number of nitrogens with one attached hydrogen (secondary N) is 1. The average Bonchev–Trinajstić information content (AvgIpc) is 2.17. The third-order valence-corrected chi connectivity index (χ3v) is 2.72. The number of allylic oxidation sites excluding steroid dienone is 1. The van der Waals surface area contributed by atoms with Crippen LogP contribution in [0.3, 0.4) is 0 Å². The summed E-state index contributed by atoms with van der Waals surface area (Å²) in [4.78, 5) is 0. The summed E-state index contributed by atoms with van der Waals surface area (Å²) in [5.74, 6) is 1.26. The second-order valence-corrected chi connectivity index (χ2v) is 4.28. The third kappa shape index (κ3) is 8.38. The van der Waals surface area contributed by atoms with E-state index in [9.17, 15) is 0 Å². The largest absolute Gasteiger partial charge is 0.314 e. The Bertz CT molecular complexity index is 107. The number of thioether (sulfide) groups is 1. The Kier molecular flexibility index (Phi) is 10.2. The molecule has 1 atom stereocenters. The van der Waals surface area contributed by atoms with Gasteiger partial charge in [0.15, 0.2) is 0 Å². The smallest absolute Gasteiger partial charge is 0.00778 e. The van der Waals surface area contributed by atoms with Gasteiger partial charge in [0.05, 0.1) is 0 Å². The van der Waals surface area contributed by atoms with Crippen LogP contribution in [0.5, 0.6) is 0 Å². The predicted molar refractivity (Wildman–Crippen MR) is 64.5 cm³/mol. The van der Waals surface area contributed by atoms with Crippen LogP contribution in [-0.2, 0) is 0 Å². The molecule has 78 valence electrons. The van der Waals surface area contributed by atoms with Gasteiger partial charge in [-0.05, 0) is 44.2 Å². The topological polar surface area (TPSA) is 12.0 Å². The molecular weight excluding hydrogens is 178 g/mol. The molecule has 0 bridgehead atoms. The molecule has 13 heavy (non-hydrogen) atoms. The van der Waals surface area contributed by atoms with Crippen LogP contribution >= 0.6 is 11.8 Å². The Labute approximate surface area is 87.4 Å². The van der Waals surface area contributed by atoms with E-state index in [2.05, 4.69) is 25.1 Å². The summed E-state index contributed by atoms with van der Waals surface area (Å²) >= 11 is 1.93. The van der Waals surface area contributed by atoms with E-state index in [1.807, 2.05) is 17.8 Å². The van der Waals surface area contributed by atoms with Crippen molar-refractivity contribution in [2.75, 3.05) is 18.6 Å². The van der Waals surface area contributed by atoms with Gasteiger partial charge >= 0.3 is 0 Å².